The van der Waals surface area contributed by atoms with Gasteiger partial charge in [-0.1, -0.05) is 0 Å². The number of ether oxygens (including phenoxy) is 1. The number of pyridine rings is 1. The molecule has 0 bridgehead atoms. The van der Waals surface area contributed by atoms with Crippen molar-refractivity contribution in [3.8, 4) is 5.75 Å². The molecule has 6 nitrogen and oxygen atoms in total. The minimum atomic E-state index is -0.190. The maximum atomic E-state index is 12.3. The van der Waals surface area contributed by atoms with Crippen LogP contribution in [-0.4, -0.2) is 27.8 Å². The molecule has 0 saturated heterocycles. The van der Waals surface area contributed by atoms with Crippen molar-refractivity contribution in [3.63, 3.8) is 0 Å². The number of aromatic nitrogens is 3. The first-order chi connectivity index (χ1) is 11.1. The van der Waals surface area contributed by atoms with Gasteiger partial charge in [0.2, 0.25) is 0 Å². The molecule has 3 aromatic rings. The van der Waals surface area contributed by atoms with Crippen LogP contribution in [0.15, 0.2) is 42.7 Å². The Bertz CT molecular complexity index is 837. The van der Waals surface area contributed by atoms with E-state index in [1.54, 1.807) is 43.8 Å². The van der Waals surface area contributed by atoms with E-state index in [1.807, 2.05) is 24.6 Å². The number of fused-ring (bicyclic) bond motifs is 1. The second kappa shape index (κ2) is 6.08. The summed E-state index contributed by atoms with van der Waals surface area (Å²) in [5.41, 5.74) is 2.01. The summed E-state index contributed by atoms with van der Waals surface area (Å²) in [7, 11) is 1.59. The van der Waals surface area contributed by atoms with Crippen LogP contribution in [-0.2, 0) is 0 Å². The second-order valence-corrected chi connectivity index (χ2v) is 5.50. The molecular formula is C17H18N4O2. The zero-order valence-corrected chi connectivity index (χ0v) is 13.3. The molecule has 0 aliphatic heterocycles. The van der Waals surface area contributed by atoms with E-state index in [9.17, 15) is 4.79 Å². The van der Waals surface area contributed by atoms with Crippen LogP contribution in [0.1, 0.15) is 30.2 Å². The molecule has 1 aromatic carbocycles. The van der Waals surface area contributed by atoms with Crippen molar-refractivity contribution in [2.75, 3.05) is 12.4 Å². The SMILES string of the molecule is COc1ccc(C(=O)Nc2cnc3c(cnn3C(C)C)c2)cc1. The lowest BCUT2D eigenvalue weighted by Gasteiger charge is -2.08. The van der Waals surface area contributed by atoms with E-state index in [0.29, 0.717) is 17.0 Å². The Hall–Kier alpha value is -2.89. The number of nitrogens with zero attached hydrogens (tertiary/aromatic N) is 3. The number of anilines is 1. The van der Waals surface area contributed by atoms with Gasteiger partial charge in [-0.2, -0.15) is 5.10 Å². The number of methoxy groups -OCH3 is 1. The summed E-state index contributed by atoms with van der Waals surface area (Å²) in [5, 5.41) is 8.06. The maximum absolute atomic E-state index is 12.3. The molecule has 6 heteroatoms. The van der Waals surface area contributed by atoms with Gasteiger partial charge in [0.25, 0.3) is 5.91 Å². The van der Waals surface area contributed by atoms with Crippen LogP contribution >= 0.6 is 0 Å². The molecule has 1 N–H and O–H groups in total. The van der Waals surface area contributed by atoms with Gasteiger partial charge in [-0.25, -0.2) is 9.67 Å². The van der Waals surface area contributed by atoms with E-state index in [4.69, 9.17) is 4.74 Å². The number of nitrogens with one attached hydrogen (secondary N) is 1. The van der Waals surface area contributed by atoms with Crippen molar-refractivity contribution >= 4 is 22.6 Å². The van der Waals surface area contributed by atoms with Crippen molar-refractivity contribution < 1.29 is 9.53 Å². The molecule has 0 spiro atoms. The molecule has 0 aliphatic rings. The molecular weight excluding hydrogens is 292 g/mol. The molecule has 0 unspecified atom stereocenters. The van der Waals surface area contributed by atoms with E-state index in [1.165, 1.54) is 0 Å². The molecule has 2 aromatic heterocycles. The third-order valence-electron chi connectivity index (χ3n) is 3.53. The third-order valence-corrected chi connectivity index (χ3v) is 3.53. The Morgan fingerprint density at radius 3 is 2.61 bits per heavy atom. The normalized spacial score (nSPS) is 11.0. The zero-order chi connectivity index (χ0) is 16.4. The van der Waals surface area contributed by atoms with Crippen LogP contribution in [0, 0.1) is 0 Å². The summed E-state index contributed by atoms with van der Waals surface area (Å²) in [6.07, 6.45) is 3.40. The van der Waals surface area contributed by atoms with Gasteiger partial charge in [0, 0.05) is 17.0 Å². The second-order valence-electron chi connectivity index (χ2n) is 5.50. The highest BCUT2D eigenvalue weighted by Gasteiger charge is 2.10. The molecule has 0 radical (unpaired) electrons. The van der Waals surface area contributed by atoms with Gasteiger partial charge in [0.1, 0.15) is 5.75 Å². The number of carbonyl (C=O) groups excluding carboxylic acids is 1. The number of amides is 1. The van der Waals surface area contributed by atoms with Crippen molar-refractivity contribution in [2.24, 2.45) is 0 Å². The highest BCUT2D eigenvalue weighted by atomic mass is 16.5. The molecule has 118 valence electrons. The predicted octanol–water partition coefficient (Wildman–Crippen LogP) is 3.27. The van der Waals surface area contributed by atoms with Crippen LogP contribution in [0.25, 0.3) is 11.0 Å². The third kappa shape index (κ3) is 3.01. The molecule has 0 fully saturated rings. The van der Waals surface area contributed by atoms with Gasteiger partial charge in [0.15, 0.2) is 5.65 Å². The fraction of sp³-hybridized carbons (Fsp3) is 0.235. The van der Waals surface area contributed by atoms with Gasteiger partial charge < -0.3 is 10.1 Å². The fourth-order valence-corrected chi connectivity index (χ4v) is 2.33. The topological polar surface area (TPSA) is 69.0 Å². The molecule has 2 heterocycles. The van der Waals surface area contributed by atoms with Crippen LogP contribution in [0.5, 0.6) is 5.75 Å². The van der Waals surface area contributed by atoms with Gasteiger partial charge in [0.05, 0.1) is 25.2 Å². The molecule has 3 rings (SSSR count). The largest absolute Gasteiger partial charge is 0.497 e. The molecule has 23 heavy (non-hydrogen) atoms. The number of hydrogen-bond donors (Lipinski definition) is 1. The lowest BCUT2D eigenvalue weighted by Crippen LogP contribution is -2.12. The molecule has 0 atom stereocenters. The van der Waals surface area contributed by atoms with Crippen LogP contribution < -0.4 is 10.1 Å². The minimum Gasteiger partial charge on any atom is -0.497 e. The quantitative estimate of drug-likeness (QED) is 0.803. The minimum absolute atomic E-state index is 0.190. The van der Waals surface area contributed by atoms with Crippen molar-refractivity contribution in [1.29, 1.82) is 0 Å². The summed E-state index contributed by atoms with van der Waals surface area (Å²) < 4.78 is 6.94. The van der Waals surface area contributed by atoms with E-state index in [2.05, 4.69) is 15.4 Å². The van der Waals surface area contributed by atoms with Gasteiger partial charge in [-0.05, 0) is 44.2 Å². The lowest BCUT2D eigenvalue weighted by atomic mass is 10.2. The van der Waals surface area contributed by atoms with Gasteiger partial charge in [-0.15, -0.1) is 0 Å². The summed E-state index contributed by atoms with van der Waals surface area (Å²) in [5.74, 6) is 0.524. The van der Waals surface area contributed by atoms with E-state index >= 15 is 0 Å². The van der Waals surface area contributed by atoms with E-state index in [-0.39, 0.29) is 11.9 Å². The first-order valence-electron chi connectivity index (χ1n) is 7.37. The summed E-state index contributed by atoms with van der Waals surface area (Å²) >= 11 is 0. The number of benzene rings is 1. The van der Waals surface area contributed by atoms with E-state index < -0.39 is 0 Å². The maximum Gasteiger partial charge on any atom is 0.255 e. The smallest absolute Gasteiger partial charge is 0.255 e. The lowest BCUT2D eigenvalue weighted by molar-refractivity contribution is 0.102. The first-order valence-corrected chi connectivity index (χ1v) is 7.37. The number of rotatable bonds is 4. The monoisotopic (exact) mass is 310 g/mol. The Morgan fingerprint density at radius 2 is 1.96 bits per heavy atom. The van der Waals surface area contributed by atoms with Crippen LogP contribution in [0.4, 0.5) is 5.69 Å². The zero-order valence-electron chi connectivity index (χ0n) is 13.3. The Balaban J connectivity index is 1.81. The van der Waals surface area contributed by atoms with Crippen molar-refractivity contribution in [1.82, 2.24) is 14.8 Å². The van der Waals surface area contributed by atoms with E-state index in [0.717, 1.165) is 11.0 Å². The average Bonchev–Trinajstić information content (AvgIpc) is 2.98. The molecule has 1 amide bonds. The number of carbonyl (C=O) groups is 1. The highest BCUT2D eigenvalue weighted by Crippen LogP contribution is 2.20. The Labute approximate surface area is 134 Å². The van der Waals surface area contributed by atoms with Crippen LogP contribution in [0.3, 0.4) is 0 Å². The Kier molecular flexibility index (Phi) is 3.97. The summed E-state index contributed by atoms with van der Waals surface area (Å²) in [6.45, 7) is 4.10. The Morgan fingerprint density at radius 1 is 1.22 bits per heavy atom. The average molecular weight is 310 g/mol. The van der Waals surface area contributed by atoms with Gasteiger partial charge in [-0.3, -0.25) is 4.79 Å². The van der Waals surface area contributed by atoms with Crippen molar-refractivity contribution in [2.45, 2.75) is 19.9 Å². The fourth-order valence-electron chi connectivity index (χ4n) is 2.33. The highest BCUT2D eigenvalue weighted by molar-refractivity contribution is 6.04. The van der Waals surface area contributed by atoms with Crippen LogP contribution in [0.2, 0.25) is 0 Å². The first kappa shape index (κ1) is 15.0. The summed E-state index contributed by atoms with van der Waals surface area (Å²) in [4.78, 5) is 16.7. The molecule has 0 aliphatic carbocycles. The molecule has 0 saturated carbocycles. The van der Waals surface area contributed by atoms with Gasteiger partial charge >= 0.3 is 0 Å². The summed E-state index contributed by atoms with van der Waals surface area (Å²) in [6, 6.07) is 9.05. The van der Waals surface area contributed by atoms with Crippen molar-refractivity contribution in [3.05, 3.63) is 48.3 Å². The number of hydrogen-bond acceptors (Lipinski definition) is 4. The standard InChI is InChI=1S/C17H18N4O2/c1-11(2)21-16-13(9-19-21)8-14(10-18-16)20-17(22)12-4-6-15(23-3)7-5-12/h4-11H,1-3H3,(H,20,22). The predicted molar refractivity (Wildman–Crippen MR) is 88.9 cm³/mol.